The molecule has 0 aliphatic carbocycles. The first kappa shape index (κ1) is 11.7. The summed E-state index contributed by atoms with van der Waals surface area (Å²) in [6.45, 7) is 4.08. The summed E-state index contributed by atoms with van der Waals surface area (Å²) in [5, 5.41) is 4.16. The van der Waals surface area contributed by atoms with Crippen LogP contribution < -0.4 is 5.73 Å². The van der Waals surface area contributed by atoms with Crippen LogP contribution in [0, 0.1) is 0 Å². The normalized spacial score (nSPS) is 12.9. The molecule has 0 saturated carbocycles. The molecule has 0 aromatic carbocycles. The molecule has 0 amide bonds. The van der Waals surface area contributed by atoms with Gasteiger partial charge in [0.25, 0.3) is 0 Å². The highest BCUT2D eigenvalue weighted by Crippen LogP contribution is 2.07. The Morgan fingerprint density at radius 2 is 2.33 bits per heavy atom. The van der Waals surface area contributed by atoms with E-state index in [4.69, 9.17) is 5.73 Å². The Labute approximate surface area is 89.2 Å². The molecule has 0 bridgehead atoms. The van der Waals surface area contributed by atoms with E-state index < -0.39 is 12.0 Å². The van der Waals surface area contributed by atoms with Crippen LogP contribution in [0.3, 0.4) is 0 Å². The Morgan fingerprint density at radius 1 is 1.67 bits per heavy atom. The molecule has 15 heavy (non-hydrogen) atoms. The second kappa shape index (κ2) is 4.93. The standard InChI is InChI=1S/C10H17N3O2/c1-7(2)13-6-8(5-12-13)4-9(11)10(14)15-3/h5-7,9H,4,11H2,1-3H3. The minimum Gasteiger partial charge on any atom is -0.468 e. The maximum absolute atomic E-state index is 11.1. The average Bonchev–Trinajstić information content (AvgIpc) is 2.65. The number of hydrogen-bond acceptors (Lipinski definition) is 4. The summed E-state index contributed by atoms with van der Waals surface area (Å²) in [7, 11) is 1.33. The molecule has 1 unspecified atom stereocenters. The zero-order valence-electron chi connectivity index (χ0n) is 9.30. The van der Waals surface area contributed by atoms with Gasteiger partial charge in [0, 0.05) is 18.7 Å². The third kappa shape index (κ3) is 3.06. The summed E-state index contributed by atoms with van der Waals surface area (Å²) in [5.74, 6) is -0.396. The molecule has 1 heterocycles. The second-order valence-corrected chi connectivity index (χ2v) is 3.76. The van der Waals surface area contributed by atoms with E-state index in [1.165, 1.54) is 7.11 Å². The fraction of sp³-hybridized carbons (Fsp3) is 0.600. The third-order valence-corrected chi connectivity index (χ3v) is 2.14. The predicted molar refractivity (Wildman–Crippen MR) is 56.3 cm³/mol. The summed E-state index contributed by atoms with van der Waals surface area (Å²) in [5.41, 5.74) is 6.58. The monoisotopic (exact) mass is 211 g/mol. The Bertz CT molecular complexity index is 333. The number of hydrogen-bond donors (Lipinski definition) is 1. The van der Waals surface area contributed by atoms with Crippen molar-refractivity contribution in [1.82, 2.24) is 9.78 Å². The summed E-state index contributed by atoms with van der Waals surface area (Å²) < 4.78 is 6.38. The van der Waals surface area contributed by atoms with Gasteiger partial charge in [-0.05, 0) is 19.4 Å². The van der Waals surface area contributed by atoms with Crippen molar-refractivity contribution in [2.24, 2.45) is 5.73 Å². The van der Waals surface area contributed by atoms with Gasteiger partial charge in [-0.25, -0.2) is 0 Å². The van der Waals surface area contributed by atoms with Crippen LogP contribution in [0.4, 0.5) is 0 Å². The largest absolute Gasteiger partial charge is 0.468 e. The van der Waals surface area contributed by atoms with Gasteiger partial charge in [-0.1, -0.05) is 0 Å². The first-order valence-electron chi connectivity index (χ1n) is 4.91. The van der Waals surface area contributed by atoms with Crippen molar-refractivity contribution >= 4 is 5.97 Å². The minimum absolute atomic E-state index is 0.313. The van der Waals surface area contributed by atoms with Crippen LogP contribution in [0.2, 0.25) is 0 Å². The number of rotatable bonds is 4. The quantitative estimate of drug-likeness (QED) is 0.736. The Kier molecular flexibility index (Phi) is 3.85. The van der Waals surface area contributed by atoms with Gasteiger partial charge in [0.2, 0.25) is 0 Å². The molecule has 0 spiro atoms. The van der Waals surface area contributed by atoms with E-state index in [9.17, 15) is 4.79 Å². The van der Waals surface area contributed by atoms with Crippen molar-refractivity contribution in [3.05, 3.63) is 18.0 Å². The van der Waals surface area contributed by atoms with Gasteiger partial charge in [-0.3, -0.25) is 9.48 Å². The molecule has 1 rings (SSSR count). The van der Waals surface area contributed by atoms with Gasteiger partial charge in [0.05, 0.1) is 13.3 Å². The zero-order chi connectivity index (χ0) is 11.4. The molecule has 0 aliphatic heterocycles. The fourth-order valence-corrected chi connectivity index (χ4v) is 1.25. The van der Waals surface area contributed by atoms with Crippen molar-refractivity contribution in [3.8, 4) is 0 Å². The molecule has 0 fully saturated rings. The summed E-state index contributed by atoms with van der Waals surface area (Å²) in [4.78, 5) is 11.1. The smallest absolute Gasteiger partial charge is 0.322 e. The molecule has 1 aromatic heterocycles. The van der Waals surface area contributed by atoms with Gasteiger partial charge in [-0.2, -0.15) is 5.10 Å². The molecule has 2 N–H and O–H groups in total. The number of methoxy groups -OCH3 is 1. The molecular weight excluding hydrogens is 194 g/mol. The molecule has 0 radical (unpaired) electrons. The lowest BCUT2D eigenvalue weighted by Crippen LogP contribution is -2.33. The summed E-state index contributed by atoms with van der Waals surface area (Å²) >= 11 is 0. The van der Waals surface area contributed by atoms with Gasteiger partial charge >= 0.3 is 5.97 Å². The van der Waals surface area contributed by atoms with E-state index >= 15 is 0 Å². The van der Waals surface area contributed by atoms with Crippen LogP contribution in [0.25, 0.3) is 0 Å². The highest BCUT2D eigenvalue weighted by atomic mass is 16.5. The zero-order valence-corrected chi connectivity index (χ0v) is 9.30. The van der Waals surface area contributed by atoms with Crippen molar-refractivity contribution in [2.45, 2.75) is 32.4 Å². The topological polar surface area (TPSA) is 70.1 Å². The van der Waals surface area contributed by atoms with Crippen molar-refractivity contribution < 1.29 is 9.53 Å². The van der Waals surface area contributed by atoms with E-state index in [-0.39, 0.29) is 0 Å². The third-order valence-electron chi connectivity index (χ3n) is 2.14. The molecule has 0 saturated heterocycles. The predicted octanol–water partition coefficient (Wildman–Crippen LogP) is 0.507. The van der Waals surface area contributed by atoms with Crippen LogP contribution in [0.15, 0.2) is 12.4 Å². The lowest BCUT2D eigenvalue weighted by atomic mass is 10.1. The number of carbonyl (C=O) groups is 1. The Hall–Kier alpha value is -1.36. The number of nitrogens with two attached hydrogens (primary N) is 1. The highest BCUT2D eigenvalue weighted by Gasteiger charge is 2.15. The maximum atomic E-state index is 11.1. The highest BCUT2D eigenvalue weighted by molar-refractivity contribution is 5.75. The van der Waals surface area contributed by atoms with Crippen molar-refractivity contribution in [1.29, 1.82) is 0 Å². The number of ether oxygens (including phenoxy) is 1. The number of carbonyl (C=O) groups excluding carboxylic acids is 1. The first-order chi connectivity index (χ1) is 7.04. The molecular formula is C10H17N3O2. The number of esters is 1. The molecule has 84 valence electrons. The molecule has 1 aromatic rings. The van der Waals surface area contributed by atoms with E-state index in [0.29, 0.717) is 12.5 Å². The number of aromatic nitrogens is 2. The maximum Gasteiger partial charge on any atom is 0.322 e. The van der Waals surface area contributed by atoms with Gasteiger partial charge in [0.1, 0.15) is 6.04 Å². The summed E-state index contributed by atoms with van der Waals surface area (Å²) in [6.07, 6.45) is 4.08. The van der Waals surface area contributed by atoms with Gasteiger partial charge < -0.3 is 10.5 Å². The van der Waals surface area contributed by atoms with Gasteiger partial charge in [-0.15, -0.1) is 0 Å². The summed E-state index contributed by atoms with van der Waals surface area (Å²) in [6, 6.07) is -0.298. The SMILES string of the molecule is COC(=O)C(N)Cc1cnn(C(C)C)c1. The van der Waals surface area contributed by atoms with E-state index in [1.807, 2.05) is 24.7 Å². The first-order valence-corrected chi connectivity index (χ1v) is 4.91. The van der Waals surface area contributed by atoms with Crippen LogP contribution >= 0.6 is 0 Å². The van der Waals surface area contributed by atoms with E-state index in [1.54, 1.807) is 6.20 Å². The molecule has 5 heteroatoms. The molecule has 1 atom stereocenters. The Balaban J connectivity index is 2.61. The second-order valence-electron chi connectivity index (χ2n) is 3.76. The average molecular weight is 211 g/mol. The van der Waals surface area contributed by atoms with Crippen molar-refractivity contribution in [3.63, 3.8) is 0 Å². The minimum atomic E-state index is -0.611. The molecule has 5 nitrogen and oxygen atoms in total. The van der Waals surface area contributed by atoms with Crippen LogP contribution in [-0.2, 0) is 16.0 Å². The van der Waals surface area contributed by atoms with E-state index in [2.05, 4.69) is 9.84 Å². The lowest BCUT2D eigenvalue weighted by Gasteiger charge is -2.07. The van der Waals surface area contributed by atoms with E-state index in [0.717, 1.165) is 5.56 Å². The fourth-order valence-electron chi connectivity index (χ4n) is 1.25. The van der Waals surface area contributed by atoms with Crippen LogP contribution in [0.5, 0.6) is 0 Å². The van der Waals surface area contributed by atoms with Crippen LogP contribution in [0.1, 0.15) is 25.5 Å². The van der Waals surface area contributed by atoms with Gasteiger partial charge in [0.15, 0.2) is 0 Å². The Morgan fingerprint density at radius 3 is 2.80 bits per heavy atom. The number of nitrogens with zero attached hydrogens (tertiary/aromatic N) is 2. The van der Waals surface area contributed by atoms with Crippen LogP contribution in [-0.4, -0.2) is 28.9 Å². The molecule has 0 aliphatic rings. The van der Waals surface area contributed by atoms with Crippen molar-refractivity contribution in [2.75, 3.05) is 7.11 Å². The lowest BCUT2D eigenvalue weighted by molar-refractivity contribution is -0.142.